The number of nitrogens with one attached hydrogen (secondary N) is 1. The fourth-order valence-corrected chi connectivity index (χ4v) is 2.25. The normalized spacial score (nSPS) is 10.3. The highest BCUT2D eigenvalue weighted by Gasteiger charge is 2.05. The van der Waals surface area contributed by atoms with Crippen LogP contribution in [0.3, 0.4) is 0 Å². The smallest absolute Gasteiger partial charge is 0.234 e. The molecule has 0 bridgehead atoms. The van der Waals surface area contributed by atoms with Crippen LogP contribution in [0.25, 0.3) is 0 Å². The molecule has 0 aliphatic heterocycles. The van der Waals surface area contributed by atoms with Crippen molar-refractivity contribution in [3.05, 3.63) is 59.7 Å². The molecule has 0 spiro atoms. The molecule has 20 heavy (non-hydrogen) atoms. The van der Waals surface area contributed by atoms with Crippen molar-refractivity contribution in [2.75, 3.05) is 11.1 Å². The van der Waals surface area contributed by atoms with E-state index in [1.807, 2.05) is 0 Å². The lowest BCUT2D eigenvalue weighted by atomic mass is 10.2. The maximum Gasteiger partial charge on any atom is 0.234 e. The first-order valence-electron chi connectivity index (χ1n) is 5.99. The molecule has 2 aromatic carbocycles. The topological polar surface area (TPSA) is 29.1 Å². The van der Waals surface area contributed by atoms with Crippen LogP contribution in [-0.4, -0.2) is 11.7 Å². The third-order valence-electron chi connectivity index (χ3n) is 2.64. The van der Waals surface area contributed by atoms with Crippen molar-refractivity contribution in [1.29, 1.82) is 0 Å². The second kappa shape index (κ2) is 6.52. The molecule has 2 rings (SSSR count). The SMILES string of the molecule is Cc1ccc(NC(=O)CSc2ccc(F)cc2)cc1F. The Kier molecular flexibility index (Phi) is 4.74. The van der Waals surface area contributed by atoms with Gasteiger partial charge in [-0.3, -0.25) is 4.79 Å². The number of aryl methyl sites for hydroxylation is 1. The lowest BCUT2D eigenvalue weighted by molar-refractivity contribution is -0.113. The molecule has 5 heteroatoms. The van der Waals surface area contributed by atoms with Crippen LogP contribution in [0, 0.1) is 18.6 Å². The van der Waals surface area contributed by atoms with Crippen molar-refractivity contribution in [1.82, 2.24) is 0 Å². The van der Waals surface area contributed by atoms with E-state index in [0.717, 1.165) is 4.90 Å². The zero-order valence-electron chi connectivity index (χ0n) is 10.8. The average molecular weight is 293 g/mol. The van der Waals surface area contributed by atoms with E-state index in [-0.39, 0.29) is 23.3 Å². The maximum absolute atomic E-state index is 13.3. The number of anilines is 1. The lowest BCUT2D eigenvalue weighted by Gasteiger charge is -2.06. The molecule has 0 aliphatic carbocycles. The summed E-state index contributed by atoms with van der Waals surface area (Å²) in [7, 11) is 0. The van der Waals surface area contributed by atoms with E-state index in [1.165, 1.54) is 30.0 Å². The van der Waals surface area contributed by atoms with Gasteiger partial charge in [0.1, 0.15) is 11.6 Å². The largest absolute Gasteiger partial charge is 0.325 e. The van der Waals surface area contributed by atoms with Gasteiger partial charge in [0.2, 0.25) is 5.91 Å². The van der Waals surface area contributed by atoms with Gasteiger partial charge in [-0.05, 0) is 48.9 Å². The Morgan fingerprint density at radius 2 is 1.85 bits per heavy atom. The van der Waals surface area contributed by atoms with Crippen molar-refractivity contribution >= 4 is 23.4 Å². The summed E-state index contributed by atoms with van der Waals surface area (Å²) in [5, 5.41) is 2.62. The molecule has 0 radical (unpaired) electrons. The van der Waals surface area contributed by atoms with E-state index in [2.05, 4.69) is 5.32 Å². The predicted octanol–water partition coefficient (Wildman–Crippen LogP) is 4.00. The van der Waals surface area contributed by atoms with E-state index < -0.39 is 0 Å². The Labute approximate surface area is 120 Å². The van der Waals surface area contributed by atoms with Gasteiger partial charge in [-0.2, -0.15) is 0 Å². The summed E-state index contributed by atoms with van der Waals surface area (Å²) in [6.45, 7) is 1.66. The number of halogens is 2. The molecular formula is C15H13F2NOS. The van der Waals surface area contributed by atoms with Crippen LogP contribution in [0.5, 0.6) is 0 Å². The zero-order chi connectivity index (χ0) is 14.5. The number of hydrogen-bond acceptors (Lipinski definition) is 2. The number of rotatable bonds is 4. The molecule has 0 heterocycles. The third kappa shape index (κ3) is 4.06. The summed E-state index contributed by atoms with van der Waals surface area (Å²) in [6.07, 6.45) is 0. The molecule has 0 unspecified atom stereocenters. The summed E-state index contributed by atoms with van der Waals surface area (Å²) >= 11 is 1.29. The van der Waals surface area contributed by atoms with Crippen molar-refractivity contribution in [2.45, 2.75) is 11.8 Å². The van der Waals surface area contributed by atoms with E-state index in [1.54, 1.807) is 31.2 Å². The van der Waals surface area contributed by atoms with Gasteiger partial charge < -0.3 is 5.32 Å². The molecule has 104 valence electrons. The first kappa shape index (κ1) is 14.5. The minimum Gasteiger partial charge on any atom is -0.325 e. The number of amides is 1. The molecule has 1 N–H and O–H groups in total. The number of hydrogen-bond donors (Lipinski definition) is 1. The minimum absolute atomic E-state index is 0.182. The first-order valence-corrected chi connectivity index (χ1v) is 6.97. The van der Waals surface area contributed by atoms with Crippen LogP contribution in [0.4, 0.5) is 14.5 Å². The van der Waals surface area contributed by atoms with Gasteiger partial charge >= 0.3 is 0 Å². The van der Waals surface area contributed by atoms with Crippen molar-refractivity contribution in [3.63, 3.8) is 0 Å². The molecule has 1 amide bonds. The average Bonchev–Trinajstić information content (AvgIpc) is 2.42. The standard InChI is InChI=1S/C15H13F2NOS/c1-10-2-5-12(8-14(10)17)18-15(19)9-20-13-6-3-11(16)4-7-13/h2-8H,9H2,1H3,(H,18,19). The van der Waals surface area contributed by atoms with Gasteiger partial charge in [0.05, 0.1) is 5.75 Å². The minimum atomic E-state index is -0.353. The molecule has 0 aromatic heterocycles. The van der Waals surface area contributed by atoms with E-state index in [9.17, 15) is 13.6 Å². The summed E-state index contributed by atoms with van der Waals surface area (Å²) < 4.78 is 26.0. The summed E-state index contributed by atoms with van der Waals surface area (Å²) in [5.41, 5.74) is 0.960. The lowest BCUT2D eigenvalue weighted by Crippen LogP contribution is -2.14. The van der Waals surface area contributed by atoms with Crippen LogP contribution in [0.15, 0.2) is 47.4 Å². The quantitative estimate of drug-likeness (QED) is 0.863. The van der Waals surface area contributed by atoms with Crippen molar-refractivity contribution < 1.29 is 13.6 Å². The fraction of sp³-hybridized carbons (Fsp3) is 0.133. The van der Waals surface area contributed by atoms with E-state index in [0.29, 0.717) is 11.3 Å². The van der Waals surface area contributed by atoms with Gasteiger partial charge in [-0.25, -0.2) is 8.78 Å². The van der Waals surface area contributed by atoms with Crippen LogP contribution >= 0.6 is 11.8 Å². The monoisotopic (exact) mass is 293 g/mol. The highest BCUT2D eigenvalue weighted by molar-refractivity contribution is 8.00. The molecule has 2 aromatic rings. The highest BCUT2D eigenvalue weighted by Crippen LogP contribution is 2.19. The fourth-order valence-electron chi connectivity index (χ4n) is 1.55. The molecule has 2 nitrogen and oxygen atoms in total. The van der Waals surface area contributed by atoms with Gasteiger partial charge in [-0.15, -0.1) is 11.8 Å². The first-order chi connectivity index (χ1) is 9.54. The number of thioether (sulfide) groups is 1. The number of benzene rings is 2. The van der Waals surface area contributed by atoms with Crippen LogP contribution < -0.4 is 5.32 Å². The number of carbonyl (C=O) groups excluding carboxylic acids is 1. The molecule has 0 saturated heterocycles. The van der Waals surface area contributed by atoms with Crippen LogP contribution in [0.1, 0.15) is 5.56 Å². The summed E-state index contributed by atoms with van der Waals surface area (Å²) in [5.74, 6) is -0.716. The van der Waals surface area contributed by atoms with Crippen LogP contribution in [-0.2, 0) is 4.79 Å². The van der Waals surface area contributed by atoms with Crippen LogP contribution in [0.2, 0.25) is 0 Å². The second-order valence-electron chi connectivity index (χ2n) is 4.25. The Balaban J connectivity index is 1.89. The molecule has 0 aliphatic rings. The van der Waals surface area contributed by atoms with Gasteiger partial charge in [0, 0.05) is 10.6 Å². The molecular weight excluding hydrogens is 280 g/mol. The Morgan fingerprint density at radius 3 is 2.50 bits per heavy atom. The maximum atomic E-state index is 13.3. The molecule has 0 saturated carbocycles. The second-order valence-corrected chi connectivity index (χ2v) is 5.30. The van der Waals surface area contributed by atoms with Crippen molar-refractivity contribution in [2.24, 2.45) is 0 Å². The van der Waals surface area contributed by atoms with Gasteiger partial charge in [0.25, 0.3) is 0 Å². The third-order valence-corrected chi connectivity index (χ3v) is 3.65. The van der Waals surface area contributed by atoms with Crippen molar-refractivity contribution in [3.8, 4) is 0 Å². The molecule has 0 fully saturated rings. The summed E-state index contributed by atoms with van der Waals surface area (Å²) in [4.78, 5) is 12.5. The molecule has 0 atom stereocenters. The Hall–Kier alpha value is -1.88. The highest BCUT2D eigenvalue weighted by atomic mass is 32.2. The van der Waals surface area contributed by atoms with Gasteiger partial charge in [-0.1, -0.05) is 6.07 Å². The van der Waals surface area contributed by atoms with Gasteiger partial charge in [0.15, 0.2) is 0 Å². The summed E-state index contributed by atoms with van der Waals surface area (Å²) in [6, 6.07) is 10.5. The zero-order valence-corrected chi connectivity index (χ0v) is 11.6. The number of carbonyl (C=O) groups is 1. The van der Waals surface area contributed by atoms with E-state index in [4.69, 9.17) is 0 Å². The Bertz CT molecular complexity index is 614. The Morgan fingerprint density at radius 1 is 1.15 bits per heavy atom. The predicted molar refractivity (Wildman–Crippen MR) is 76.9 cm³/mol. The van der Waals surface area contributed by atoms with E-state index >= 15 is 0 Å².